The molecule has 2 aromatic rings. The summed E-state index contributed by atoms with van der Waals surface area (Å²) in [5.74, 6) is -1.48. The van der Waals surface area contributed by atoms with E-state index in [1.54, 1.807) is 11.3 Å². The number of nitrogens with one attached hydrogen (secondary N) is 1. The highest BCUT2D eigenvalue weighted by molar-refractivity contribution is 7.09. The van der Waals surface area contributed by atoms with E-state index in [1.165, 1.54) is 17.0 Å². The molecule has 2 saturated heterocycles. The fourth-order valence-corrected chi connectivity index (χ4v) is 4.57. The first-order valence-electron chi connectivity index (χ1n) is 9.56. The number of fused-ring (bicyclic) bond motifs is 1. The summed E-state index contributed by atoms with van der Waals surface area (Å²) in [5, 5.41) is 6.39. The van der Waals surface area contributed by atoms with Crippen molar-refractivity contribution < 1.29 is 19.2 Å². The normalized spacial score (nSPS) is 24.2. The number of carbonyl (C=O) groups is 3. The molecule has 0 spiro atoms. The number of rotatable bonds is 6. The van der Waals surface area contributed by atoms with Gasteiger partial charge in [-0.2, -0.15) is 5.06 Å². The summed E-state index contributed by atoms with van der Waals surface area (Å²) in [6, 6.07) is 11.3. The fourth-order valence-electron chi connectivity index (χ4n) is 3.86. The summed E-state index contributed by atoms with van der Waals surface area (Å²) in [4.78, 5) is 45.7. The second kappa shape index (κ2) is 8.06. The highest BCUT2D eigenvalue weighted by Gasteiger charge is 2.58. The van der Waals surface area contributed by atoms with E-state index in [0.29, 0.717) is 6.54 Å². The van der Waals surface area contributed by atoms with Crippen LogP contribution in [-0.2, 0) is 25.6 Å². The second-order valence-electron chi connectivity index (χ2n) is 7.40. The lowest BCUT2D eigenvalue weighted by atomic mass is 9.90. The first-order chi connectivity index (χ1) is 14.0. The fraction of sp³-hybridized carbons (Fsp3) is 0.381. The summed E-state index contributed by atoms with van der Waals surface area (Å²) in [7, 11) is 1.47. The van der Waals surface area contributed by atoms with Gasteiger partial charge in [0.1, 0.15) is 6.54 Å². The zero-order valence-electron chi connectivity index (χ0n) is 16.3. The van der Waals surface area contributed by atoms with E-state index in [-0.39, 0.29) is 24.3 Å². The Morgan fingerprint density at radius 1 is 1.17 bits per heavy atom. The van der Waals surface area contributed by atoms with Crippen LogP contribution >= 0.6 is 11.3 Å². The maximum Gasteiger partial charge on any atom is 0.261 e. The maximum atomic E-state index is 12.7. The van der Waals surface area contributed by atoms with Gasteiger partial charge in [0.25, 0.3) is 5.91 Å². The molecule has 1 aromatic heterocycles. The molecule has 29 heavy (non-hydrogen) atoms. The number of amides is 3. The summed E-state index contributed by atoms with van der Waals surface area (Å²) in [5.41, 5.74) is 1.94. The quantitative estimate of drug-likeness (QED) is 0.729. The van der Waals surface area contributed by atoms with Crippen LogP contribution in [0.5, 0.6) is 0 Å². The number of hydrogen-bond donors (Lipinski definition) is 1. The van der Waals surface area contributed by atoms with Crippen LogP contribution in [0.15, 0.2) is 41.8 Å². The van der Waals surface area contributed by atoms with Gasteiger partial charge in [-0.1, -0.05) is 35.9 Å². The summed E-state index contributed by atoms with van der Waals surface area (Å²) >= 11 is 1.65. The molecule has 3 heterocycles. The SMILES string of the molecule is Cc1ccc(C2C3C(=O)N(C)C(=O)C3ON2CC(=O)NCCc2cccs2)cc1. The van der Waals surface area contributed by atoms with Crippen molar-refractivity contribution in [2.45, 2.75) is 25.5 Å². The van der Waals surface area contributed by atoms with Gasteiger partial charge in [0.2, 0.25) is 11.8 Å². The van der Waals surface area contributed by atoms with Crippen LogP contribution in [-0.4, -0.2) is 53.9 Å². The molecule has 0 aliphatic carbocycles. The molecule has 152 valence electrons. The van der Waals surface area contributed by atoms with E-state index in [0.717, 1.165) is 22.4 Å². The van der Waals surface area contributed by atoms with Crippen molar-refractivity contribution in [3.63, 3.8) is 0 Å². The van der Waals surface area contributed by atoms with Gasteiger partial charge >= 0.3 is 0 Å². The molecule has 2 fully saturated rings. The Labute approximate surface area is 173 Å². The Hall–Kier alpha value is -2.55. The van der Waals surface area contributed by atoms with Crippen LogP contribution in [0.4, 0.5) is 0 Å². The van der Waals surface area contributed by atoms with Crippen LogP contribution in [0.1, 0.15) is 22.0 Å². The summed E-state index contributed by atoms with van der Waals surface area (Å²) in [6.07, 6.45) is -0.115. The van der Waals surface area contributed by atoms with Crippen LogP contribution in [0.3, 0.4) is 0 Å². The van der Waals surface area contributed by atoms with Gasteiger partial charge in [-0.25, -0.2) is 0 Å². The number of imide groups is 1. The predicted molar refractivity (Wildman–Crippen MR) is 108 cm³/mol. The van der Waals surface area contributed by atoms with E-state index in [4.69, 9.17) is 4.84 Å². The van der Waals surface area contributed by atoms with Crippen LogP contribution in [0.25, 0.3) is 0 Å². The van der Waals surface area contributed by atoms with E-state index < -0.39 is 18.1 Å². The molecule has 4 rings (SSSR count). The van der Waals surface area contributed by atoms with Gasteiger partial charge in [0.15, 0.2) is 6.10 Å². The van der Waals surface area contributed by atoms with Crippen LogP contribution in [0, 0.1) is 12.8 Å². The lowest BCUT2D eigenvalue weighted by molar-refractivity contribution is -0.181. The first-order valence-corrected chi connectivity index (χ1v) is 10.4. The number of likely N-dealkylation sites (N-methyl/N-ethyl adjacent to an activating group) is 1. The molecule has 1 aromatic carbocycles. The lowest BCUT2D eigenvalue weighted by Gasteiger charge is -2.26. The van der Waals surface area contributed by atoms with E-state index >= 15 is 0 Å². The molecule has 0 bridgehead atoms. The van der Waals surface area contributed by atoms with Crippen molar-refractivity contribution in [3.8, 4) is 0 Å². The first kappa shape index (κ1) is 19.8. The standard InChI is InChI=1S/C21H23N3O4S/c1-13-5-7-14(8-6-13)18-17-19(21(27)23(2)20(17)26)28-24(18)12-16(25)22-10-9-15-4-3-11-29-15/h3-8,11,17-19H,9-10,12H2,1-2H3,(H,22,25). The van der Waals surface area contributed by atoms with Crippen molar-refractivity contribution in [3.05, 3.63) is 57.8 Å². The van der Waals surface area contributed by atoms with Gasteiger partial charge in [-0.05, 0) is 30.4 Å². The largest absolute Gasteiger partial charge is 0.355 e. The van der Waals surface area contributed by atoms with Crippen LogP contribution in [0.2, 0.25) is 0 Å². The Morgan fingerprint density at radius 3 is 2.62 bits per heavy atom. The highest BCUT2D eigenvalue weighted by Crippen LogP contribution is 2.43. The van der Waals surface area contributed by atoms with Crippen molar-refractivity contribution in [2.24, 2.45) is 5.92 Å². The third kappa shape index (κ3) is 3.83. The minimum atomic E-state index is -0.877. The van der Waals surface area contributed by atoms with E-state index in [9.17, 15) is 14.4 Å². The Kier molecular flexibility index (Phi) is 5.49. The molecule has 1 N–H and O–H groups in total. The number of hydroxylamine groups is 2. The molecule has 7 nitrogen and oxygen atoms in total. The molecule has 3 amide bonds. The van der Waals surface area contributed by atoms with Crippen LogP contribution < -0.4 is 5.32 Å². The van der Waals surface area contributed by atoms with Crippen molar-refractivity contribution in [2.75, 3.05) is 20.1 Å². The minimum Gasteiger partial charge on any atom is -0.355 e. The molecular weight excluding hydrogens is 390 g/mol. The number of hydrogen-bond acceptors (Lipinski definition) is 6. The number of benzene rings is 1. The Morgan fingerprint density at radius 2 is 1.93 bits per heavy atom. The molecule has 2 aliphatic rings. The number of thiophene rings is 1. The van der Waals surface area contributed by atoms with Crippen molar-refractivity contribution in [1.82, 2.24) is 15.3 Å². The van der Waals surface area contributed by atoms with Gasteiger partial charge in [0.05, 0.1) is 12.0 Å². The lowest BCUT2D eigenvalue weighted by Crippen LogP contribution is -2.40. The smallest absolute Gasteiger partial charge is 0.261 e. The third-order valence-corrected chi connectivity index (χ3v) is 6.34. The average Bonchev–Trinajstić information content (AvgIpc) is 3.39. The molecule has 3 atom stereocenters. The van der Waals surface area contributed by atoms with Crippen molar-refractivity contribution >= 4 is 29.1 Å². The van der Waals surface area contributed by atoms with Gasteiger partial charge < -0.3 is 5.32 Å². The van der Waals surface area contributed by atoms with E-state index in [1.807, 2.05) is 48.7 Å². The Bertz CT molecular complexity index is 913. The molecule has 3 unspecified atom stereocenters. The molecule has 8 heteroatoms. The van der Waals surface area contributed by atoms with Gasteiger partial charge in [-0.3, -0.25) is 24.1 Å². The number of likely N-dealkylation sites (tertiary alicyclic amines) is 1. The van der Waals surface area contributed by atoms with Gasteiger partial charge in [0, 0.05) is 18.5 Å². The van der Waals surface area contributed by atoms with Crippen molar-refractivity contribution in [1.29, 1.82) is 0 Å². The van der Waals surface area contributed by atoms with Gasteiger partial charge in [-0.15, -0.1) is 11.3 Å². The third-order valence-electron chi connectivity index (χ3n) is 5.41. The summed E-state index contributed by atoms with van der Waals surface area (Å²) in [6.45, 7) is 2.46. The monoisotopic (exact) mass is 413 g/mol. The summed E-state index contributed by atoms with van der Waals surface area (Å²) < 4.78 is 0. The van der Waals surface area contributed by atoms with E-state index in [2.05, 4.69) is 5.32 Å². The average molecular weight is 413 g/mol. The number of nitrogens with zero attached hydrogens (tertiary/aromatic N) is 2. The topological polar surface area (TPSA) is 79.0 Å². The molecular formula is C21H23N3O4S. The predicted octanol–water partition coefficient (Wildman–Crippen LogP) is 1.69. The molecule has 0 saturated carbocycles. The number of carbonyl (C=O) groups excluding carboxylic acids is 3. The maximum absolute atomic E-state index is 12.7. The molecule has 2 aliphatic heterocycles. The molecule has 0 radical (unpaired) electrons. The zero-order chi connectivity index (χ0) is 20.5. The Balaban J connectivity index is 1.48. The minimum absolute atomic E-state index is 0.0414. The second-order valence-corrected chi connectivity index (χ2v) is 8.43. The highest BCUT2D eigenvalue weighted by atomic mass is 32.1. The zero-order valence-corrected chi connectivity index (χ0v) is 17.1. The number of aryl methyl sites for hydroxylation is 1.